The van der Waals surface area contributed by atoms with Crippen molar-refractivity contribution in [1.29, 1.82) is 0 Å². The van der Waals surface area contributed by atoms with Crippen LogP contribution in [0.1, 0.15) is 36.6 Å². The van der Waals surface area contributed by atoms with Gasteiger partial charge in [0.05, 0.1) is 19.6 Å². The maximum atomic E-state index is 6.58. The summed E-state index contributed by atoms with van der Waals surface area (Å²) in [6, 6.07) is 5.93. The maximum Gasteiger partial charge on any atom is 0.161 e. The number of rotatable bonds is 5. The summed E-state index contributed by atoms with van der Waals surface area (Å²) >= 11 is 6.58. The van der Waals surface area contributed by atoms with Crippen molar-refractivity contribution in [3.05, 3.63) is 23.8 Å². The summed E-state index contributed by atoms with van der Waals surface area (Å²) < 4.78 is 10.6. The van der Waals surface area contributed by atoms with E-state index in [-0.39, 0.29) is 5.38 Å². The summed E-state index contributed by atoms with van der Waals surface area (Å²) in [5.41, 5.74) is 1.09. The van der Waals surface area contributed by atoms with Crippen LogP contribution in [0.2, 0.25) is 0 Å². The molecule has 0 N–H and O–H groups in total. The maximum absolute atomic E-state index is 6.58. The number of methoxy groups -OCH3 is 2. The Morgan fingerprint density at radius 1 is 1.05 bits per heavy atom. The van der Waals surface area contributed by atoms with Gasteiger partial charge in [0.1, 0.15) is 0 Å². The van der Waals surface area contributed by atoms with E-state index >= 15 is 0 Å². The third-order valence-corrected chi connectivity index (χ3v) is 4.28. The van der Waals surface area contributed by atoms with Crippen LogP contribution in [0, 0.1) is 0 Å². The normalized spacial score (nSPS) is 18.4. The third-order valence-electron chi connectivity index (χ3n) is 3.89. The molecule has 1 aliphatic rings. The lowest BCUT2D eigenvalue weighted by atomic mass is 10.1. The van der Waals surface area contributed by atoms with E-state index in [1.165, 1.54) is 25.7 Å². The zero-order valence-electron chi connectivity index (χ0n) is 12.4. The number of hydrogen-bond acceptors (Lipinski definition) is 3. The SMILES string of the molecule is COc1ccc(C(Cl)CN2CCCCCC2)cc1OC. The minimum atomic E-state index is -0.00657. The van der Waals surface area contributed by atoms with Gasteiger partial charge in [0.2, 0.25) is 0 Å². The van der Waals surface area contributed by atoms with E-state index in [2.05, 4.69) is 4.90 Å². The summed E-state index contributed by atoms with van der Waals surface area (Å²) in [7, 11) is 3.30. The van der Waals surface area contributed by atoms with E-state index in [0.717, 1.165) is 36.7 Å². The summed E-state index contributed by atoms with van der Waals surface area (Å²) in [5, 5.41) is -0.00657. The molecule has 112 valence electrons. The van der Waals surface area contributed by atoms with E-state index in [1.54, 1.807) is 14.2 Å². The van der Waals surface area contributed by atoms with Gasteiger partial charge < -0.3 is 14.4 Å². The molecule has 0 spiro atoms. The Hall–Kier alpha value is -0.930. The molecular formula is C16H24ClNO2. The first-order valence-electron chi connectivity index (χ1n) is 7.33. The van der Waals surface area contributed by atoms with Crippen molar-refractivity contribution in [3.63, 3.8) is 0 Å². The van der Waals surface area contributed by atoms with Crippen LogP contribution in [-0.2, 0) is 0 Å². The van der Waals surface area contributed by atoms with E-state index in [4.69, 9.17) is 21.1 Å². The average molecular weight is 298 g/mol. The molecule has 0 amide bonds. The molecule has 0 bridgehead atoms. The summed E-state index contributed by atoms with van der Waals surface area (Å²) in [5.74, 6) is 1.49. The Balaban J connectivity index is 2.02. The number of alkyl halides is 1. The summed E-state index contributed by atoms with van der Waals surface area (Å²) in [6.07, 6.45) is 5.27. The average Bonchev–Trinajstić information content (AvgIpc) is 2.75. The fraction of sp³-hybridized carbons (Fsp3) is 0.625. The van der Waals surface area contributed by atoms with Crippen molar-refractivity contribution in [2.24, 2.45) is 0 Å². The van der Waals surface area contributed by atoms with Gasteiger partial charge in [-0.2, -0.15) is 0 Å². The van der Waals surface area contributed by atoms with Gasteiger partial charge in [0.15, 0.2) is 11.5 Å². The Labute approximate surface area is 126 Å². The second-order valence-electron chi connectivity index (χ2n) is 5.30. The Morgan fingerprint density at radius 3 is 2.30 bits per heavy atom. The van der Waals surface area contributed by atoms with Crippen LogP contribution in [0.4, 0.5) is 0 Å². The van der Waals surface area contributed by atoms with Gasteiger partial charge in [-0.15, -0.1) is 11.6 Å². The number of halogens is 1. The van der Waals surface area contributed by atoms with E-state index in [9.17, 15) is 0 Å². The highest BCUT2D eigenvalue weighted by atomic mass is 35.5. The predicted octanol–water partition coefficient (Wildman–Crippen LogP) is 3.86. The number of nitrogens with zero attached hydrogens (tertiary/aromatic N) is 1. The highest BCUT2D eigenvalue weighted by Gasteiger charge is 2.17. The van der Waals surface area contributed by atoms with Crippen LogP contribution in [0.25, 0.3) is 0 Å². The van der Waals surface area contributed by atoms with Gasteiger partial charge in [-0.1, -0.05) is 18.9 Å². The molecule has 4 heteroatoms. The summed E-state index contributed by atoms with van der Waals surface area (Å²) in [6.45, 7) is 3.23. The van der Waals surface area contributed by atoms with Gasteiger partial charge in [0.25, 0.3) is 0 Å². The van der Waals surface area contributed by atoms with Gasteiger partial charge in [-0.3, -0.25) is 0 Å². The molecule has 1 atom stereocenters. The monoisotopic (exact) mass is 297 g/mol. The zero-order valence-corrected chi connectivity index (χ0v) is 13.2. The Kier molecular flexibility index (Phi) is 5.99. The molecule has 0 radical (unpaired) electrons. The number of ether oxygens (including phenoxy) is 2. The fourth-order valence-electron chi connectivity index (χ4n) is 2.70. The molecule has 1 aromatic rings. The van der Waals surface area contributed by atoms with Crippen molar-refractivity contribution >= 4 is 11.6 Å². The van der Waals surface area contributed by atoms with E-state index in [1.807, 2.05) is 18.2 Å². The fourth-order valence-corrected chi connectivity index (χ4v) is 3.03. The molecule has 1 fully saturated rings. The molecule has 1 aromatic carbocycles. The van der Waals surface area contributed by atoms with Crippen molar-refractivity contribution < 1.29 is 9.47 Å². The lowest BCUT2D eigenvalue weighted by Gasteiger charge is -2.23. The smallest absolute Gasteiger partial charge is 0.161 e. The predicted molar refractivity (Wildman–Crippen MR) is 83.0 cm³/mol. The molecule has 2 rings (SSSR count). The molecule has 1 unspecified atom stereocenters. The van der Waals surface area contributed by atoms with E-state index in [0.29, 0.717) is 0 Å². The second kappa shape index (κ2) is 7.75. The molecule has 0 saturated carbocycles. The van der Waals surface area contributed by atoms with Crippen LogP contribution in [0.15, 0.2) is 18.2 Å². The zero-order chi connectivity index (χ0) is 14.4. The van der Waals surface area contributed by atoms with Crippen LogP contribution < -0.4 is 9.47 Å². The molecule has 1 saturated heterocycles. The molecule has 0 aromatic heterocycles. The standard InChI is InChI=1S/C16H24ClNO2/c1-19-15-8-7-13(11-16(15)20-2)14(17)12-18-9-5-3-4-6-10-18/h7-8,11,14H,3-6,9-10,12H2,1-2H3. The van der Waals surface area contributed by atoms with Crippen LogP contribution >= 0.6 is 11.6 Å². The molecular weight excluding hydrogens is 274 g/mol. The van der Waals surface area contributed by atoms with Gasteiger partial charge in [0, 0.05) is 6.54 Å². The van der Waals surface area contributed by atoms with Crippen LogP contribution in [0.3, 0.4) is 0 Å². The quantitative estimate of drug-likeness (QED) is 0.770. The number of benzene rings is 1. The van der Waals surface area contributed by atoms with Crippen molar-refractivity contribution in [2.45, 2.75) is 31.1 Å². The van der Waals surface area contributed by atoms with E-state index < -0.39 is 0 Å². The minimum absolute atomic E-state index is 0.00657. The molecule has 3 nitrogen and oxygen atoms in total. The van der Waals surface area contributed by atoms with Crippen LogP contribution in [-0.4, -0.2) is 38.8 Å². The summed E-state index contributed by atoms with van der Waals surface area (Å²) in [4.78, 5) is 2.47. The first kappa shape index (κ1) is 15.5. The molecule has 20 heavy (non-hydrogen) atoms. The third kappa shape index (κ3) is 4.03. The first-order valence-corrected chi connectivity index (χ1v) is 7.76. The lowest BCUT2D eigenvalue weighted by molar-refractivity contribution is 0.285. The van der Waals surface area contributed by atoms with Crippen LogP contribution in [0.5, 0.6) is 11.5 Å². The second-order valence-corrected chi connectivity index (χ2v) is 5.82. The Morgan fingerprint density at radius 2 is 1.70 bits per heavy atom. The van der Waals surface area contributed by atoms with Gasteiger partial charge >= 0.3 is 0 Å². The van der Waals surface area contributed by atoms with Gasteiger partial charge in [-0.05, 0) is 43.6 Å². The first-order chi connectivity index (χ1) is 9.74. The molecule has 1 aliphatic heterocycles. The highest BCUT2D eigenvalue weighted by Crippen LogP contribution is 2.32. The lowest BCUT2D eigenvalue weighted by Crippen LogP contribution is -2.28. The van der Waals surface area contributed by atoms with Gasteiger partial charge in [-0.25, -0.2) is 0 Å². The van der Waals surface area contributed by atoms with Crippen molar-refractivity contribution in [2.75, 3.05) is 33.9 Å². The van der Waals surface area contributed by atoms with Crippen molar-refractivity contribution in [3.8, 4) is 11.5 Å². The molecule has 0 aliphatic carbocycles. The topological polar surface area (TPSA) is 21.7 Å². The Bertz CT molecular complexity index is 417. The minimum Gasteiger partial charge on any atom is -0.493 e. The largest absolute Gasteiger partial charge is 0.493 e. The highest BCUT2D eigenvalue weighted by molar-refractivity contribution is 6.21. The number of likely N-dealkylation sites (tertiary alicyclic amines) is 1. The number of hydrogen-bond donors (Lipinski definition) is 0. The van der Waals surface area contributed by atoms with Crippen molar-refractivity contribution in [1.82, 2.24) is 4.90 Å². The molecule has 1 heterocycles.